The van der Waals surface area contributed by atoms with Crippen LogP contribution in [-0.4, -0.2) is 32.7 Å². The molecule has 0 spiro atoms. The Balaban J connectivity index is 2.08. The Kier molecular flexibility index (Phi) is 4.55. The summed E-state index contributed by atoms with van der Waals surface area (Å²) in [5.41, 5.74) is 2.50. The van der Waals surface area contributed by atoms with Gasteiger partial charge in [-0.3, -0.25) is 9.48 Å². The minimum absolute atomic E-state index is 0.0386. The highest BCUT2D eigenvalue weighted by Gasteiger charge is 2.30. The Bertz CT molecular complexity index is 470. The summed E-state index contributed by atoms with van der Waals surface area (Å²) in [6.45, 7) is 6.02. The van der Waals surface area contributed by atoms with Gasteiger partial charge in [0.25, 0.3) is 5.91 Å². The summed E-state index contributed by atoms with van der Waals surface area (Å²) in [5.74, 6) is 1.15. The van der Waals surface area contributed by atoms with Crippen molar-refractivity contribution in [2.24, 2.45) is 7.05 Å². The first-order chi connectivity index (χ1) is 9.04. The molecule has 1 saturated carbocycles. The lowest BCUT2D eigenvalue weighted by Gasteiger charge is -2.20. The van der Waals surface area contributed by atoms with Crippen molar-refractivity contribution < 1.29 is 4.79 Å². The predicted octanol–water partition coefficient (Wildman–Crippen LogP) is 2.44. The normalized spacial score (nSPS) is 22.7. The summed E-state index contributed by atoms with van der Waals surface area (Å²) in [4.78, 5) is 12.4. The Hall–Kier alpha value is -0.970. The fourth-order valence-corrected chi connectivity index (χ4v) is 4.05. The first-order valence-corrected chi connectivity index (χ1v) is 8.02. The van der Waals surface area contributed by atoms with E-state index in [-0.39, 0.29) is 5.91 Å². The summed E-state index contributed by atoms with van der Waals surface area (Å²) < 4.78 is 1.77. The molecule has 1 aliphatic carbocycles. The van der Waals surface area contributed by atoms with E-state index in [1.807, 2.05) is 32.7 Å². The molecule has 1 aromatic heterocycles. The zero-order chi connectivity index (χ0) is 14.0. The number of nitrogens with zero attached hydrogens (tertiary/aromatic N) is 2. The van der Waals surface area contributed by atoms with E-state index in [2.05, 4.69) is 17.3 Å². The van der Waals surface area contributed by atoms with Gasteiger partial charge in [-0.15, -0.1) is 0 Å². The predicted molar refractivity (Wildman–Crippen MR) is 79.7 cm³/mol. The lowest BCUT2D eigenvalue weighted by Crippen LogP contribution is -2.39. The number of rotatable bonds is 4. The Morgan fingerprint density at radius 3 is 2.79 bits per heavy atom. The molecule has 0 aliphatic heterocycles. The molecule has 0 unspecified atom stereocenters. The molecule has 2 rings (SSSR count). The van der Waals surface area contributed by atoms with Crippen molar-refractivity contribution in [3.8, 4) is 0 Å². The van der Waals surface area contributed by atoms with E-state index < -0.39 is 0 Å². The molecular formula is C14H23N3OS. The molecule has 0 aromatic carbocycles. The maximum Gasteiger partial charge on any atom is 0.255 e. The molecule has 5 heteroatoms. The van der Waals surface area contributed by atoms with E-state index in [1.165, 1.54) is 12.8 Å². The summed E-state index contributed by atoms with van der Waals surface area (Å²) in [6.07, 6.45) is 3.53. The second-order valence-corrected chi connectivity index (χ2v) is 6.69. The van der Waals surface area contributed by atoms with Gasteiger partial charge in [-0.2, -0.15) is 16.9 Å². The molecule has 2 atom stereocenters. The highest BCUT2D eigenvalue weighted by atomic mass is 32.2. The van der Waals surface area contributed by atoms with Gasteiger partial charge in [-0.1, -0.05) is 13.3 Å². The molecule has 19 heavy (non-hydrogen) atoms. The molecule has 1 aromatic rings. The van der Waals surface area contributed by atoms with E-state index in [4.69, 9.17) is 0 Å². The fourth-order valence-electron chi connectivity index (χ4n) is 2.85. The third kappa shape index (κ3) is 2.96. The zero-order valence-electron chi connectivity index (χ0n) is 12.2. The summed E-state index contributed by atoms with van der Waals surface area (Å²) >= 11 is 1.96. The molecule has 106 valence electrons. The SMILES string of the molecule is CCS[C@@H]1CCC[C@@H]1NC(=O)c1c(C)nn(C)c1C. The lowest BCUT2D eigenvalue weighted by molar-refractivity contribution is 0.0937. The smallest absolute Gasteiger partial charge is 0.255 e. The summed E-state index contributed by atoms with van der Waals surface area (Å²) in [6, 6.07) is 0.316. The molecule has 0 radical (unpaired) electrons. The maximum atomic E-state index is 12.4. The van der Waals surface area contributed by atoms with Crippen LogP contribution in [-0.2, 0) is 7.05 Å². The molecule has 4 nitrogen and oxygen atoms in total. The number of amides is 1. The van der Waals surface area contributed by atoms with Crippen molar-refractivity contribution in [1.29, 1.82) is 0 Å². The Morgan fingerprint density at radius 1 is 1.47 bits per heavy atom. The van der Waals surface area contributed by atoms with Crippen LogP contribution in [0, 0.1) is 13.8 Å². The number of carbonyl (C=O) groups is 1. The first kappa shape index (κ1) is 14.4. The highest BCUT2D eigenvalue weighted by molar-refractivity contribution is 7.99. The van der Waals surface area contributed by atoms with Gasteiger partial charge in [-0.25, -0.2) is 0 Å². The lowest BCUT2D eigenvalue weighted by atomic mass is 10.1. The van der Waals surface area contributed by atoms with Crippen molar-refractivity contribution in [2.75, 3.05) is 5.75 Å². The van der Waals surface area contributed by atoms with E-state index in [1.54, 1.807) is 4.68 Å². The highest BCUT2D eigenvalue weighted by Crippen LogP contribution is 2.30. The second-order valence-electron chi connectivity index (χ2n) is 5.17. The summed E-state index contributed by atoms with van der Waals surface area (Å²) in [7, 11) is 1.88. The number of thioether (sulfide) groups is 1. The molecule has 1 fully saturated rings. The topological polar surface area (TPSA) is 46.9 Å². The van der Waals surface area contributed by atoms with Crippen molar-refractivity contribution in [2.45, 2.75) is 51.3 Å². The number of hydrogen-bond acceptors (Lipinski definition) is 3. The van der Waals surface area contributed by atoms with Crippen LogP contribution < -0.4 is 5.32 Å². The van der Waals surface area contributed by atoms with Gasteiger partial charge in [0.1, 0.15) is 0 Å². The molecule has 1 heterocycles. The van der Waals surface area contributed by atoms with E-state index in [9.17, 15) is 4.79 Å². The number of aryl methyl sites for hydroxylation is 2. The van der Waals surface area contributed by atoms with Crippen LogP contribution in [0.4, 0.5) is 0 Å². The van der Waals surface area contributed by atoms with Gasteiger partial charge in [0, 0.05) is 24.0 Å². The van der Waals surface area contributed by atoms with Crippen LogP contribution >= 0.6 is 11.8 Å². The summed E-state index contributed by atoms with van der Waals surface area (Å²) in [5, 5.41) is 8.10. The van der Waals surface area contributed by atoms with Gasteiger partial charge in [0.15, 0.2) is 0 Å². The van der Waals surface area contributed by atoms with Gasteiger partial charge in [0.05, 0.1) is 11.3 Å². The third-order valence-corrected chi connectivity index (χ3v) is 5.21. The number of hydrogen-bond donors (Lipinski definition) is 1. The van der Waals surface area contributed by atoms with Gasteiger partial charge < -0.3 is 5.32 Å². The van der Waals surface area contributed by atoms with Crippen molar-refractivity contribution >= 4 is 17.7 Å². The van der Waals surface area contributed by atoms with Crippen molar-refractivity contribution in [3.05, 3.63) is 17.0 Å². The Morgan fingerprint density at radius 2 is 2.21 bits per heavy atom. The van der Waals surface area contributed by atoms with Crippen LogP contribution in [0.2, 0.25) is 0 Å². The molecule has 0 saturated heterocycles. The largest absolute Gasteiger partial charge is 0.348 e. The Labute approximate surface area is 119 Å². The van der Waals surface area contributed by atoms with Crippen LogP contribution in [0.5, 0.6) is 0 Å². The van der Waals surface area contributed by atoms with Gasteiger partial charge >= 0.3 is 0 Å². The van der Waals surface area contributed by atoms with E-state index in [0.717, 1.165) is 29.1 Å². The second kappa shape index (κ2) is 5.99. The average Bonchev–Trinajstić information content (AvgIpc) is 2.86. The third-order valence-electron chi connectivity index (χ3n) is 3.89. The first-order valence-electron chi connectivity index (χ1n) is 6.97. The van der Waals surface area contributed by atoms with E-state index >= 15 is 0 Å². The van der Waals surface area contributed by atoms with Crippen LogP contribution in [0.25, 0.3) is 0 Å². The fraction of sp³-hybridized carbons (Fsp3) is 0.714. The minimum atomic E-state index is 0.0386. The monoisotopic (exact) mass is 281 g/mol. The van der Waals surface area contributed by atoms with Crippen molar-refractivity contribution in [3.63, 3.8) is 0 Å². The van der Waals surface area contributed by atoms with Gasteiger partial charge in [-0.05, 0) is 32.4 Å². The molecule has 1 aliphatic rings. The standard InChI is InChI=1S/C14H23N3OS/c1-5-19-12-8-6-7-11(12)15-14(18)13-9(2)16-17(4)10(13)3/h11-12H,5-8H2,1-4H3,(H,15,18)/t11-,12+/m0/s1. The average molecular weight is 281 g/mol. The van der Waals surface area contributed by atoms with Gasteiger partial charge in [0.2, 0.25) is 0 Å². The van der Waals surface area contributed by atoms with Crippen LogP contribution in [0.1, 0.15) is 47.9 Å². The van der Waals surface area contributed by atoms with E-state index in [0.29, 0.717) is 11.3 Å². The van der Waals surface area contributed by atoms with Crippen LogP contribution in [0.3, 0.4) is 0 Å². The zero-order valence-corrected chi connectivity index (χ0v) is 13.0. The minimum Gasteiger partial charge on any atom is -0.348 e. The van der Waals surface area contributed by atoms with Crippen LogP contribution in [0.15, 0.2) is 0 Å². The molecular weight excluding hydrogens is 258 g/mol. The van der Waals surface area contributed by atoms with Crippen molar-refractivity contribution in [1.82, 2.24) is 15.1 Å². The molecule has 1 amide bonds. The number of nitrogens with one attached hydrogen (secondary N) is 1. The quantitative estimate of drug-likeness (QED) is 0.922. The number of carbonyl (C=O) groups excluding carboxylic acids is 1. The molecule has 0 bridgehead atoms. The number of aromatic nitrogens is 2. The molecule has 1 N–H and O–H groups in total. The maximum absolute atomic E-state index is 12.4.